The van der Waals surface area contributed by atoms with Crippen LogP contribution < -0.4 is 10.1 Å². The second-order valence-corrected chi connectivity index (χ2v) is 5.04. The van der Waals surface area contributed by atoms with E-state index in [4.69, 9.17) is 27.9 Å². The molecule has 0 aliphatic rings. The van der Waals surface area contributed by atoms with Gasteiger partial charge in [0.25, 0.3) is 0 Å². The van der Waals surface area contributed by atoms with Crippen molar-refractivity contribution in [1.29, 1.82) is 0 Å². The van der Waals surface area contributed by atoms with E-state index in [0.717, 1.165) is 5.56 Å². The SMILES string of the molecule is CN[C@@H](C)c1ccc(Oc2ccccc2Cl)cc1Cl. The quantitative estimate of drug-likeness (QED) is 0.850. The first-order valence-corrected chi connectivity index (χ1v) is 6.76. The van der Waals surface area contributed by atoms with Crippen molar-refractivity contribution < 1.29 is 4.74 Å². The first-order valence-electron chi connectivity index (χ1n) is 6.01. The van der Waals surface area contributed by atoms with Gasteiger partial charge in [-0.05, 0) is 43.8 Å². The summed E-state index contributed by atoms with van der Waals surface area (Å²) >= 11 is 12.3. The molecule has 19 heavy (non-hydrogen) atoms. The van der Waals surface area contributed by atoms with Crippen molar-refractivity contribution in [2.75, 3.05) is 7.05 Å². The van der Waals surface area contributed by atoms with Gasteiger partial charge in [-0.3, -0.25) is 0 Å². The van der Waals surface area contributed by atoms with Gasteiger partial charge in [-0.1, -0.05) is 41.4 Å². The van der Waals surface area contributed by atoms with Crippen molar-refractivity contribution in [3.63, 3.8) is 0 Å². The molecule has 2 aromatic carbocycles. The second kappa shape index (κ2) is 6.29. The van der Waals surface area contributed by atoms with Crippen molar-refractivity contribution in [2.24, 2.45) is 0 Å². The monoisotopic (exact) mass is 295 g/mol. The van der Waals surface area contributed by atoms with E-state index in [9.17, 15) is 0 Å². The summed E-state index contributed by atoms with van der Waals surface area (Å²) in [7, 11) is 1.90. The Morgan fingerprint density at radius 2 is 1.79 bits per heavy atom. The molecule has 0 aromatic heterocycles. The summed E-state index contributed by atoms with van der Waals surface area (Å²) in [5.41, 5.74) is 1.04. The van der Waals surface area contributed by atoms with Crippen molar-refractivity contribution in [3.8, 4) is 11.5 Å². The maximum atomic E-state index is 6.26. The van der Waals surface area contributed by atoms with Crippen LogP contribution in [0.3, 0.4) is 0 Å². The third-order valence-electron chi connectivity index (χ3n) is 2.94. The Labute approximate surface area is 123 Å². The van der Waals surface area contributed by atoms with Gasteiger partial charge in [0, 0.05) is 11.1 Å². The molecular formula is C15H15Cl2NO. The average Bonchev–Trinajstić information content (AvgIpc) is 2.41. The van der Waals surface area contributed by atoms with E-state index >= 15 is 0 Å². The zero-order valence-corrected chi connectivity index (χ0v) is 12.3. The molecule has 0 amide bonds. The normalized spacial score (nSPS) is 12.2. The average molecular weight is 296 g/mol. The van der Waals surface area contributed by atoms with Crippen LogP contribution in [0, 0.1) is 0 Å². The lowest BCUT2D eigenvalue weighted by Gasteiger charge is -2.14. The number of para-hydroxylation sites is 1. The highest BCUT2D eigenvalue weighted by molar-refractivity contribution is 6.32. The van der Waals surface area contributed by atoms with E-state index in [1.807, 2.05) is 37.4 Å². The van der Waals surface area contributed by atoms with Crippen molar-refractivity contribution in [2.45, 2.75) is 13.0 Å². The topological polar surface area (TPSA) is 21.3 Å². The number of ether oxygens (including phenoxy) is 1. The molecule has 1 N–H and O–H groups in total. The van der Waals surface area contributed by atoms with Crippen molar-refractivity contribution in [3.05, 3.63) is 58.1 Å². The largest absolute Gasteiger partial charge is 0.456 e. The fourth-order valence-corrected chi connectivity index (χ4v) is 2.24. The first-order chi connectivity index (χ1) is 9.11. The van der Waals surface area contributed by atoms with Crippen LogP contribution in [0.15, 0.2) is 42.5 Å². The molecule has 0 fully saturated rings. The lowest BCUT2D eigenvalue weighted by atomic mass is 10.1. The summed E-state index contributed by atoms with van der Waals surface area (Å²) in [6.07, 6.45) is 0. The van der Waals surface area contributed by atoms with Crippen LogP contribution >= 0.6 is 23.2 Å². The van der Waals surface area contributed by atoms with Gasteiger partial charge in [0.05, 0.1) is 5.02 Å². The Hall–Kier alpha value is -1.22. The highest BCUT2D eigenvalue weighted by Gasteiger charge is 2.09. The van der Waals surface area contributed by atoms with E-state index in [2.05, 4.69) is 12.2 Å². The number of halogens is 2. The second-order valence-electron chi connectivity index (χ2n) is 4.23. The first kappa shape index (κ1) is 14.2. The van der Waals surface area contributed by atoms with E-state index in [0.29, 0.717) is 21.5 Å². The maximum absolute atomic E-state index is 6.26. The minimum Gasteiger partial charge on any atom is -0.456 e. The van der Waals surface area contributed by atoms with Gasteiger partial charge < -0.3 is 10.1 Å². The fraction of sp³-hybridized carbons (Fsp3) is 0.200. The van der Waals surface area contributed by atoms with E-state index in [1.165, 1.54) is 0 Å². The van der Waals surface area contributed by atoms with Gasteiger partial charge >= 0.3 is 0 Å². The van der Waals surface area contributed by atoms with Gasteiger partial charge in [0.15, 0.2) is 0 Å². The Balaban J connectivity index is 2.24. The molecule has 2 nitrogen and oxygen atoms in total. The van der Waals surface area contributed by atoms with Gasteiger partial charge in [0.1, 0.15) is 11.5 Å². The molecule has 2 rings (SSSR count). The molecule has 0 spiro atoms. The number of benzene rings is 2. The van der Waals surface area contributed by atoms with Crippen LogP contribution in [0.25, 0.3) is 0 Å². The lowest BCUT2D eigenvalue weighted by molar-refractivity contribution is 0.482. The molecule has 1 atom stereocenters. The minimum absolute atomic E-state index is 0.196. The third kappa shape index (κ3) is 3.41. The molecule has 4 heteroatoms. The molecule has 0 radical (unpaired) electrons. The lowest BCUT2D eigenvalue weighted by Crippen LogP contribution is -2.12. The molecule has 0 unspecified atom stereocenters. The zero-order valence-electron chi connectivity index (χ0n) is 10.8. The van der Waals surface area contributed by atoms with E-state index in [-0.39, 0.29) is 6.04 Å². The minimum atomic E-state index is 0.196. The summed E-state index contributed by atoms with van der Waals surface area (Å²) in [6, 6.07) is 13.2. The van der Waals surface area contributed by atoms with Crippen LogP contribution in [0.2, 0.25) is 10.0 Å². The van der Waals surface area contributed by atoms with Gasteiger partial charge in [-0.25, -0.2) is 0 Å². The number of hydrogen-bond donors (Lipinski definition) is 1. The predicted octanol–water partition coefficient (Wildman–Crippen LogP) is 5.07. The number of nitrogens with one attached hydrogen (secondary N) is 1. The molecule has 0 bridgehead atoms. The smallest absolute Gasteiger partial charge is 0.146 e. The zero-order chi connectivity index (χ0) is 13.8. The summed E-state index contributed by atoms with van der Waals surface area (Å²) in [6.45, 7) is 2.05. The van der Waals surface area contributed by atoms with Gasteiger partial charge in [-0.2, -0.15) is 0 Å². The van der Waals surface area contributed by atoms with Crippen LogP contribution in [0.4, 0.5) is 0 Å². The Morgan fingerprint density at radius 1 is 1.05 bits per heavy atom. The van der Waals surface area contributed by atoms with Crippen molar-refractivity contribution in [1.82, 2.24) is 5.32 Å². The maximum Gasteiger partial charge on any atom is 0.146 e. The summed E-state index contributed by atoms with van der Waals surface area (Å²) in [5.74, 6) is 1.29. The Morgan fingerprint density at radius 3 is 2.42 bits per heavy atom. The molecule has 0 heterocycles. The molecule has 2 aromatic rings. The molecule has 0 aliphatic carbocycles. The van der Waals surface area contributed by atoms with Gasteiger partial charge in [-0.15, -0.1) is 0 Å². The predicted molar refractivity (Wildman–Crippen MR) is 80.5 cm³/mol. The van der Waals surface area contributed by atoms with E-state index in [1.54, 1.807) is 12.1 Å². The molecular weight excluding hydrogens is 281 g/mol. The molecule has 0 saturated carbocycles. The standard InChI is InChI=1S/C15H15Cl2NO/c1-10(18-2)12-8-7-11(9-14(12)17)19-15-6-4-3-5-13(15)16/h3-10,18H,1-2H3/t10-/m0/s1. The highest BCUT2D eigenvalue weighted by Crippen LogP contribution is 2.32. The summed E-state index contributed by atoms with van der Waals surface area (Å²) < 4.78 is 5.72. The number of hydrogen-bond acceptors (Lipinski definition) is 2. The Bertz CT molecular complexity index is 572. The Kier molecular flexibility index (Phi) is 4.70. The molecule has 0 aliphatic heterocycles. The van der Waals surface area contributed by atoms with Crippen molar-refractivity contribution >= 4 is 23.2 Å². The summed E-state index contributed by atoms with van der Waals surface area (Å²) in [5, 5.41) is 4.40. The highest BCUT2D eigenvalue weighted by atomic mass is 35.5. The van der Waals surface area contributed by atoms with Crippen LogP contribution in [-0.4, -0.2) is 7.05 Å². The van der Waals surface area contributed by atoms with Crippen LogP contribution in [0.5, 0.6) is 11.5 Å². The molecule has 0 saturated heterocycles. The van der Waals surface area contributed by atoms with Crippen LogP contribution in [0.1, 0.15) is 18.5 Å². The number of rotatable bonds is 4. The van der Waals surface area contributed by atoms with E-state index < -0.39 is 0 Å². The summed E-state index contributed by atoms with van der Waals surface area (Å²) in [4.78, 5) is 0. The van der Waals surface area contributed by atoms with Crippen LogP contribution in [-0.2, 0) is 0 Å². The third-order valence-corrected chi connectivity index (χ3v) is 3.58. The molecule has 100 valence electrons. The van der Waals surface area contributed by atoms with Gasteiger partial charge in [0.2, 0.25) is 0 Å². The fourth-order valence-electron chi connectivity index (χ4n) is 1.73.